The van der Waals surface area contributed by atoms with E-state index in [0.717, 1.165) is 27.7 Å². The summed E-state index contributed by atoms with van der Waals surface area (Å²) >= 11 is 0. The summed E-state index contributed by atoms with van der Waals surface area (Å²) in [6.45, 7) is 0.615. The van der Waals surface area contributed by atoms with E-state index in [1.54, 1.807) is 34.0 Å². The van der Waals surface area contributed by atoms with Gasteiger partial charge < -0.3 is 4.90 Å². The van der Waals surface area contributed by atoms with Crippen molar-refractivity contribution in [2.45, 2.75) is 13.1 Å². The van der Waals surface area contributed by atoms with Crippen molar-refractivity contribution in [1.29, 1.82) is 0 Å². The zero-order valence-electron chi connectivity index (χ0n) is 15.3. The first-order chi connectivity index (χ1) is 13.6. The Kier molecular flexibility index (Phi) is 3.72. The molecule has 0 saturated carbocycles. The quantitative estimate of drug-likeness (QED) is 0.548. The summed E-state index contributed by atoms with van der Waals surface area (Å²) in [4.78, 5) is 18.5. The van der Waals surface area contributed by atoms with Crippen LogP contribution in [0.3, 0.4) is 0 Å². The van der Waals surface area contributed by atoms with Crippen LogP contribution in [0.1, 0.15) is 21.6 Å². The Bertz CT molecular complexity index is 1230. The van der Waals surface area contributed by atoms with Gasteiger partial charge in [-0.25, -0.2) is 4.39 Å². The Morgan fingerprint density at radius 1 is 1.11 bits per heavy atom. The lowest BCUT2D eigenvalue weighted by Gasteiger charge is -2.16. The molecule has 2 aromatic carbocycles. The van der Waals surface area contributed by atoms with Crippen LogP contribution in [-0.4, -0.2) is 25.6 Å². The average Bonchev–Trinajstić information content (AvgIpc) is 3.22. The molecule has 0 radical (unpaired) electrons. The van der Waals surface area contributed by atoms with Gasteiger partial charge in [-0.1, -0.05) is 12.1 Å². The van der Waals surface area contributed by atoms with Crippen LogP contribution in [0.15, 0.2) is 60.9 Å². The maximum absolute atomic E-state index is 14.5. The summed E-state index contributed by atoms with van der Waals surface area (Å²) in [7, 11) is 1.88. The Labute approximate surface area is 161 Å². The fraction of sp³-hybridized carbons (Fsp3) is 0.136. The highest BCUT2D eigenvalue weighted by molar-refractivity contribution is 5.97. The summed E-state index contributed by atoms with van der Waals surface area (Å²) in [6, 6.07) is 14.5. The molecule has 4 aromatic rings. The predicted molar refractivity (Wildman–Crippen MR) is 104 cm³/mol. The number of aromatic nitrogens is 3. The van der Waals surface area contributed by atoms with Gasteiger partial charge in [0.2, 0.25) is 0 Å². The lowest BCUT2D eigenvalue weighted by molar-refractivity contribution is 0.0765. The van der Waals surface area contributed by atoms with Crippen LogP contribution in [0.4, 0.5) is 4.39 Å². The van der Waals surface area contributed by atoms with Gasteiger partial charge in [0, 0.05) is 36.9 Å². The fourth-order valence-electron chi connectivity index (χ4n) is 3.72. The van der Waals surface area contributed by atoms with Crippen molar-refractivity contribution in [3.63, 3.8) is 0 Å². The average molecular weight is 372 g/mol. The first-order valence-corrected chi connectivity index (χ1v) is 9.04. The van der Waals surface area contributed by atoms with E-state index in [4.69, 9.17) is 0 Å². The van der Waals surface area contributed by atoms with Gasteiger partial charge >= 0.3 is 0 Å². The van der Waals surface area contributed by atoms with Crippen molar-refractivity contribution in [3.05, 3.63) is 83.6 Å². The highest BCUT2D eigenvalue weighted by Crippen LogP contribution is 2.28. The molecular weight excluding hydrogens is 355 g/mol. The molecule has 0 unspecified atom stereocenters. The molecule has 1 amide bonds. The third kappa shape index (κ3) is 2.74. The van der Waals surface area contributed by atoms with Gasteiger partial charge in [-0.2, -0.15) is 5.10 Å². The molecule has 138 valence electrons. The van der Waals surface area contributed by atoms with Crippen LogP contribution >= 0.6 is 0 Å². The molecule has 6 heteroatoms. The van der Waals surface area contributed by atoms with Gasteiger partial charge in [0.05, 0.1) is 23.3 Å². The molecule has 2 aromatic heterocycles. The van der Waals surface area contributed by atoms with Crippen LogP contribution in [-0.2, 0) is 20.1 Å². The van der Waals surface area contributed by atoms with E-state index in [2.05, 4.69) is 10.1 Å². The summed E-state index contributed by atoms with van der Waals surface area (Å²) < 4.78 is 16.3. The molecule has 1 aliphatic heterocycles. The lowest BCUT2D eigenvalue weighted by Crippen LogP contribution is -2.23. The van der Waals surface area contributed by atoms with Gasteiger partial charge in [0.25, 0.3) is 5.91 Å². The molecule has 28 heavy (non-hydrogen) atoms. The van der Waals surface area contributed by atoms with Crippen molar-refractivity contribution in [3.8, 4) is 11.1 Å². The molecule has 0 saturated heterocycles. The van der Waals surface area contributed by atoms with E-state index in [0.29, 0.717) is 17.7 Å². The predicted octanol–water partition coefficient (Wildman–Crippen LogP) is 3.93. The second-order valence-electron chi connectivity index (χ2n) is 7.04. The second kappa shape index (κ2) is 6.27. The lowest BCUT2D eigenvalue weighted by atomic mass is 10.0. The van der Waals surface area contributed by atoms with E-state index >= 15 is 0 Å². The molecule has 0 fully saturated rings. The number of hydrogen-bond acceptors (Lipinski definition) is 3. The van der Waals surface area contributed by atoms with Crippen LogP contribution in [0, 0.1) is 5.82 Å². The number of aryl methyl sites for hydroxylation is 1. The summed E-state index contributed by atoms with van der Waals surface area (Å²) in [5.41, 5.74) is 4.64. The zero-order chi connectivity index (χ0) is 19.3. The van der Waals surface area contributed by atoms with Gasteiger partial charge in [-0.3, -0.25) is 14.5 Å². The second-order valence-corrected chi connectivity index (χ2v) is 7.04. The number of nitrogens with zero attached hydrogens (tertiary/aromatic N) is 4. The van der Waals surface area contributed by atoms with Crippen molar-refractivity contribution < 1.29 is 9.18 Å². The van der Waals surface area contributed by atoms with Crippen LogP contribution in [0.2, 0.25) is 0 Å². The van der Waals surface area contributed by atoms with Crippen LogP contribution in [0.5, 0.6) is 0 Å². The Balaban J connectivity index is 1.47. The summed E-state index contributed by atoms with van der Waals surface area (Å²) in [5.74, 6) is -0.424. The van der Waals surface area contributed by atoms with E-state index in [1.165, 1.54) is 6.07 Å². The molecule has 0 atom stereocenters. The third-order valence-electron chi connectivity index (χ3n) is 5.11. The monoisotopic (exact) mass is 372 g/mol. The van der Waals surface area contributed by atoms with E-state index in [9.17, 15) is 9.18 Å². The summed E-state index contributed by atoms with van der Waals surface area (Å²) in [5, 5.41) is 5.41. The molecule has 3 heterocycles. The number of benzene rings is 2. The molecule has 0 aliphatic carbocycles. The van der Waals surface area contributed by atoms with Gasteiger partial charge in [0.1, 0.15) is 5.82 Å². The molecule has 1 aliphatic rings. The van der Waals surface area contributed by atoms with Gasteiger partial charge in [-0.15, -0.1) is 0 Å². The number of halogens is 1. The Morgan fingerprint density at radius 3 is 2.79 bits per heavy atom. The van der Waals surface area contributed by atoms with Crippen molar-refractivity contribution in [2.75, 3.05) is 0 Å². The summed E-state index contributed by atoms with van der Waals surface area (Å²) in [6.07, 6.45) is 3.63. The minimum Gasteiger partial charge on any atom is -0.328 e. The van der Waals surface area contributed by atoms with E-state index in [1.807, 2.05) is 37.5 Å². The first-order valence-electron chi connectivity index (χ1n) is 9.04. The standard InChI is InChI=1S/C22H17FN4O/c1-26-11-17-10-15(5-7-20(17)25-26)14-4-6-19(23)16(9-14)12-27-13-21-18(22(27)28)3-2-8-24-21/h2-11H,12-13H2,1H3. The van der Waals surface area contributed by atoms with Crippen molar-refractivity contribution >= 4 is 16.8 Å². The van der Waals surface area contributed by atoms with Crippen molar-refractivity contribution in [1.82, 2.24) is 19.7 Å². The number of rotatable bonds is 3. The Hall–Kier alpha value is -3.54. The highest BCUT2D eigenvalue weighted by atomic mass is 19.1. The topological polar surface area (TPSA) is 51.0 Å². The number of carbonyl (C=O) groups excluding carboxylic acids is 1. The zero-order valence-corrected chi connectivity index (χ0v) is 15.3. The first kappa shape index (κ1) is 16.6. The van der Waals surface area contributed by atoms with Crippen molar-refractivity contribution in [2.24, 2.45) is 7.05 Å². The van der Waals surface area contributed by atoms with Crippen LogP contribution < -0.4 is 0 Å². The normalized spacial score (nSPS) is 13.4. The SMILES string of the molecule is Cn1cc2cc(-c3ccc(F)c(CN4Cc5ncccc5C4=O)c3)ccc2n1. The molecule has 5 nitrogen and oxygen atoms in total. The van der Waals surface area contributed by atoms with Crippen LogP contribution in [0.25, 0.3) is 22.0 Å². The third-order valence-corrected chi connectivity index (χ3v) is 5.11. The molecule has 0 N–H and O–H groups in total. The smallest absolute Gasteiger partial charge is 0.256 e. The Morgan fingerprint density at radius 2 is 1.93 bits per heavy atom. The molecule has 0 bridgehead atoms. The molecular formula is C22H17FN4O. The largest absolute Gasteiger partial charge is 0.328 e. The molecule has 5 rings (SSSR count). The number of fused-ring (bicyclic) bond motifs is 2. The maximum Gasteiger partial charge on any atom is 0.256 e. The number of carbonyl (C=O) groups is 1. The fourth-order valence-corrected chi connectivity index (χ4v) is 3.72. The van der Waals surface area contributed by atoms with Gasteiger partial charge in [-0.05, 0) is 47.5 Å². The molecule has 0 spiro atoms. The number of hydrogen-bond donors (Lipinski definition) is 0. The van der Waals surface area contributed by atoms with E-state index < -0.39 is 0 Å². The van der Waals surface area contributed by atoms with E-state index in [-0.39, 0.29) is 18.3 Å². The van der Waals surface area contributed by atoms with Gasteiger partial charge in [0.15, 0.2) is 0 Å². The maximum atomic E-state index is 14.5. The minimum atomic E-state index is -0.317. The highest BCUT2D eigenvalue weighted by Gasteiger charge is 2.28. The minimum absolute atomic E-state index is 0.107. The number of pyridine rings is 1. The number of amides is 1.